The lowest BCUT2D eigenvalue weighted by Gasteiger charge is -2.05. The van der Waals surface area contributed by atoms with Crippen molar-refractivity contribution < 1.29 is 4.79 Å². The normalized spacial score (nSPS) is 10.6. The predicted molar refractivity (Wildman–Crippen MR) is 68.1 cm³/mol. The number of rotatable bonds is 5. The van der Waals surface area contributed by atoms with Crippen LogP contribution in [0.5, 0.6) is 0 Å². The van der Waals surface area contributed by atoms with Gasteiger partial charge in [-0.05, 0) is 30.4 Å². The molecule has 2 aromatic rings. The van der Waals surface area contributed by atoms with E-state index in [9.17, 15) is 4.79 Å². The van der Waals surface area contributed by atoms with Crippen LogP contribution in [0.1, 0.15) is 19.3 Å². The van der Waals surface area contributed by atoms with Crippen LogP contribution in [0.2, 0.25) is 0 Å². The fourth-order valence-electron chi connectivity index (χ4n) is 1.98. The Balaban J connectivity index is 1.89. The van der Waals surface area contributed by atoms with Crippen molar-refractivity contribution in [3.63, 3.8) is 0 Å². The van der Waals surface area contributed by atoms with E-state index in [-0.39, 0.29) is 5.91 Å². The number of hydrogen-bond acceptors (Lipinski definition) is 2. The quantitative estimate of drug-likeness (QED) is 0.357. The molecule has 90 valence electrons. The van der Waals surface area contributed by atoms with Crippen LogP contribution >= 0.6 is 0 Å². The fraction of sp³-hybridized carbons (Fsp3) is 0.308. The molecule has 0 fully saturated rings. The van der Waals surface area contributed by atoms with E-state index in [0.717, 1.165) is 19.4 Å². The van der Waals surface area contributed by atoms with E-state index >= 15 is 0 Å². The Bertz CT molecular complexity index is 504. The first-order valence-electron chi connectivity index (χ1n) is 5.84. The number of fused-ring (bicyclic) bond motifs is 1. The zero-order valence-corrected chi connectivity index (χ0v) is 9.73. The number of nitrogens with two attached hydrogens (primary N) is 1. The Morgan fingerprint density at radius 2 is 2.06 bits per heavy atom. The van der Waals surface area contributed by atoms with Crippen molar-refractivity contribution in [2.45, 2.75) is 25.8 Å². The van der Waals surface area contributed by atoms with Crippen LogP contribution < -0.4 is 11.3 Å². The monoisotopic (exact) mass is 231 g/mol. The first-order valence-corrected chi connectivity index (χ1v) is 5.84. The summed E-state index contributed by atoms with van der Waals surface area (Å²) in [6.07, 6.45) is 4.42. The van der Waals surface area contributed by atoms with Gasteiger partial charge >= 0.3 is 0 Å². The zero-order valence-electron chi connectivity index (χ0n) is 9.73. The molecule has 0 bridgehead atoms. The minimum atomic E-state index is -0.0950. The molecule has 0 aliphatic rings. The van der Waals surface area contributed by atoms with Crippen LogP contribution in [0.25, 0.3) is 10.9 Å². The van der Waals surface area contributed by atoms with Crippen molar-refractivity contribution >= 4 is 16.8 Å². The Labute approximate surface area is 100 Å². The second-order valence-electron chi connectivity index (χ2n) is 4.09. The fourth-order valence-corrected chi connectivity index (χ4v) is 1.98. The summed E-state index contributed by atoms with van der Waals surface area (Å²) in [5, 5.41) is 1.26. The molecule has 17 heavy (non-hydrogen) atoms. The summed E-state index contributed by atoms with van der Waals surface area (Å²) < 4.78 is 2.22. The number of carbonyl (C=O) groups excluding carboxylic acids is 1. The third kappa shape index (κ3) is 2.85. The minimum absolute atomic E-state index is 0.0950. The van der Waals surface area contributed by atoms with Crippen molar-refractivity contribution in [3.05, 3.63) is 36.5 Å². The number of benzene rings is 1. The number of hydrogen-bond donors (Lipinski definition) is 2. The number of amides is 1. The first-order chi connectivity index (χ1) is 8.31. The number of nitrogens with one attached hydrogen (secondary N) is 1. The number of para-hydroxylation sites is 1. The maximum atomic E-state index is 10.9. The Hall–Kier alpha value is -1.81. The highest BCUT2D eigenvalue weighted by molar-refractivity contribution is 5.79. The van der Waals surface area contributed by atoms with Gasteiger partial charge in [0.2, 0.25) is 5.91 Å². The van der Waals surface area contributed by atoms with Gasteiger partial charge < -0.3 is 4.57 Å². The Kier molecular flexibility index (Phi) is 3.77. The van der Waals surface area contributed by atoms with E-state index in [0.29, 0.717) is 6.42 Å². The largest absolute Gasteiger partial charge is 0.347 e. The maximum Gasteiger partial charge on any atom is 0.233 e. The van der Waals surface area contributed by atoms with Gasteiger partial charge in [0, 0.05) is 24.7 Å². The highest BCUT2D eigenvalue weighted by atomic mass is 16.2. The van der Waals surface area contributed by atoms with Gasteiger partial charge in [0.1, 0.15) is 0 Å². The number of aryl methyl sites for hydroxylation is 1. The molecule has 4 heteroatoms. The lowest BCUT2D eigenvalue weighted by Crippen LogP contribution is -2.29. The van der Waals surface area contributed by atoms with Gasteiger partial charge in [-0.15, -0.1) is 0 Å². The number of aromatic nitrogens is 1. The van der Waals surface area contributed by atoms with E-state index in [4.69, 9.17) is 5.84 Å². The molecule has 3 N–H and O–H groups in total. The van der Waals surface area contributed by atoms with Gasteiger partial charge in [0.25, 0.3) is 0 Å². The average Bonchev–Trinajstić information content (AvgIpc) is 2.78. The summed E-state index contributed by atoms with van der Waals surface area (Å²) in [7, 11) is 0. The maximum absolute atomic E-state index is 10.9. The van der Waals surface area contributed by atoms with E-state index < -0.39 is 0 Å². The van der Waals surface area contributed by atoms with Gasteiger partial charge in [-0.3, -0.25) is 10.2 Å². The molecular formula is C13H17N3O. The lowest BCUT2D eigenvalue weighted by atomic mass is 10.2. The van der Waals surface area contributed by atoms with Crippen LogP contribution in [0.15, 0.2) is 36.5 Å². The van der Waals surface area contributed by atoms with E-state index in [1.54, 1.807) is 0 Å². The molecule has 1 aromatic carbocycles. The molecule has 2 rings (SSSR count). The molecule has 0 saturated carbocycles. The van der Waals surface area contributed by atoms with Gasteiger partial charge in [-0.2, -0.15) is 0 Å². The highest BCUT2D eigenvalue weighted by Gasteiger charge is 2.01. The smallest absolute Gasteiger partial charge is 0.233 e. The third-order valence-corrected chi connectivity index (χ3v) is 2.89. The van der Waals surface area contributed by atoms with Crippen LogP contribution in [-0.4, -0.2) is 10.5 Å². The molecule has 0 saturated heterocycles. The van der Waals surface area contributed by atoms with Crippen LogP contribution in [-0.2, 0) is 11.3 Å². The van der Waals surface area contributed by atoms with Gasteiger partial charge in [0.15, 0.2) is 0 Å². The first kappa shape index (κ1) is 11.7. The van der Waals surface area contributed by atoms with Crippen LogP contribution in [0, 0.1) is 0 Å². The second kappa shape index (κ2) is 5.50. The van der Waals surface area contributed by atoms with Crippen molar-refractivity contribution in [2.24, 2.45) is 5.84 Å². The summed E-state index contributed by atoms with van der Waals surface area (Å²) in [5.74, 6) is 4.92. The molecule has 1 aromatic heterocycles. The standard InChI is InChI=1S/C13H17N3O/c14-15-13(17)7-3-4-9-16-10-8-11-5-1-2-6-12(11)16/h1-2,5-6,8,10H,3-4,7,9,14H2,(H,15,17). The molecular weight excluding hydrogens is 214 g/mol. The molecule has 0 atom stereocenters. The van der Waals surface area contributed by atoms with Gasteiger partial charge in [-0.1, -0.05) is 18.2 Å². The van der Waals surface area contributed by atoms with Gasteiger partial charge in [0.05, 0.1) is 0 Å². The molecule has 0 radical (unpaired) electrons. The number of hydrazine groups is 1. The van der Waals surface area contributed by atoms with Crippen molar-refractivity contribution in [2.75, 3.05) is 0 Å². The highest BCUT2D eigenvalue weighted by Crippen LogP contribution is 2.15. The molecule has 4 nitrogen and oxygen atoms in total. The minimum Gasteiger partial charge on any atom is -0.347 e. The van der Waals surface area contributed by atoms with Crippen molar-refractivity contribution in [3.8, 4) is 0 Å². The lowest BCUT2D eigenvalue weighted by molar-refractivity contribution is -0.121. The van der Waals surface area contributed by atoms with E-state index in [2.05, 4.69) is 34.4 Å². The number of unbranched alkanes of at least 4 members (excludes halogenated alkanes) is 1. The molecule has 0 spiro atoms. The van der Waals surface area contributed by atoms with Crippen LogP contribution in [0.3, 0.4) is 0 Å². The molecule has 1 heterocycles. The summed E-state index contributed by atoms with van der Waals surface area (Å²) >= 11 is 0. The van der Waals surface area contributed by atoms with Crippen molar-refractivity contribution in [1.29, 1.82) is 0 Å². The molecule has 1 amide bonds. The topological polar surface area (TPSA) is 60.0 Å². The summed E-state index contributed by atoms with van der Waals surface area (Å²) in [5.41, 5.74) is 3.39. The Morgan fingerprint density at radius 1 is 1.24 bits per heavy atom. The van der Waals surface area contributed by atoms with Crippen molar-refractivity contribution in [1.82, 2.24) is 9.99 Å². The SMILES string of the molecule is NNC(=O)CCCCn1ccc2ccccc21. The summed E-state index contributed by atoms with van der Waals surface area (Å²) in [6.45, 7) is 0.936. The van der Waals surface area contributed by atoms with Gasteiger partial charge in [-0.25, -0.2) is 5.84 Å². The van der Waals surface area contributed by atoms with E-state index in [1.807, 2.05) is 12.1 Å². The zero-order chi connectivity index (χ0) is 12.1. The third-order valence-electron chi connectivity index (χ3n) is 2.89. The number of carbonyl (C=O) groups is 1. The van der Waals surface area contributed by atoms with Crippen LogP contribution in [0.4, 0.5) is 0 Å². The molecule has 0 aliphatic heterocycles. The Morgan fingerprint density at radius 3 is 2.88 bits per heavy atom. The van der Waals surface area contributed by atoms with E-state index in [1.165, 1.54) is 10.9 Å². The average molecular weight is 231 g/mol. The summed E-state index contributed by atoms with van der Waals surface area (Å²) in [6, 6.07) is 10.4. The second-order valence-corrected chi connectivity index (χ2v) is 4.09. The molecule has 0 aliphatic carbocycles. The molecule has 0 unspecified atom stereocenters. The summed E-state index contributed by atoms with van der Waals surface area (Å²) in [4.78, 5) is 10.9. The predicted octanol–water partition coefficient (Wildman–Crippen LogP) is 1.80. The number of nitrogens with zero attached hydrogens (tertiary/aromatic N) is 1.